The van der Waals surface area contributed by atoms with Crippen molar-refractivity contribution in [1.82, 2.24) is 0 Å². The molecule has 1 rings (SSSR count). The van der Waals surface area contributed by atoms with E-state index < -0.39 is 0 Å². The first-order valence-corrected chi connectivity index (χ1v) is 11.4. The number of unbranched alkanes of at least 4 members (excludes halogenated alkanes) is 13. The third-order valence-corrected chi connectivity index (χ3v) is 5.27. The summed E-state index contributed by atoms with van der Waals surface area (Å²) in [5, 5.41) is 0. The van der Waals surface area contributed by atoms with Gasteiger partial charge in [0.25, 0.3) is 0 Å². The van der Waals surface area contributed by atoms with Crippen LogP contribution in [0, 0.1) is 0 Å². The van der Waals surface area contributed by atoms with Crippen molar-refractivity contribution in [1.29, 1.82) is 0 Å². The third-order valence-electron chi connectivity index (χ3n) is 5.27. The minimum atomic E-state index is 1.24. The molecule has 1 aromatic heterocycles. The van der Waals surface area contributed by atoms with Crippen LogP contribution < -0.4 is 4.57 Å². The lowest BCUT2D eigenvalue weighted by molar-refractivity contribution is -0.671. The van der Waals surface area contributed by atoms with Gasteiger partial charge in [-0.1, -0.05) is 83.3 Å². The molecule has 0 atom stereocenters. The molecule has 1 heteroatoms. The Bertz CT molecular complexity index is 432. The van der Waals surface area contributed by atoms with Crippen LogP contribution in [0.25, 0.3) is 0 Å². The number of rotatable bonds is 17. The first-order valence-electron chi connectivity index (χ1n) is 11.4. The second-order valence-electron chi connectivity index (χ2n) is 7.91. The van der Waals surface area contributed by atoms with Gasteiger partial charge in [0.05, 0.1) is 0 Å². The molecule has 0 spiro atoms. The van der Waals surface area contributed by atoms with Crippen LogP contribution in [0.15, 0.2) is 36.7 Å². The van der Waals surface area contributed by atoms with Crippen molar-refractivity contribution in [2.75, 3.05) is 0 Å². The minimum absolute atomic E-state index is 1.24. The standard InChI is InChI=1S/C25H44N/c1-3-4-5-6-7-8-9-10-11-12-13-14-15-16-17-18-19-20-25-21-23-26(2)24-22-25/h10-11,21-24H,3-9,12-20H2,1-2H3/q+1/b11-10-. The Balaban J connectivity index is 1.78. The smallest absolute Gasteiger partial charge is 0.168 e. The van der Waals surface area contributed by atoms with E-state index >= 15 is 0 Å². The number of hydrogen-bond donors (Lipinski definition) is 0. The Morgan fingerprint density at radius 2 is 1.12 bits per heavy atom. The molecular formula is C25H44N+. The van der Waals surface area contributed by atoms with Gasteiger partial charge < -0.3 is 0 Å². The maximum Gasteiger partial charge on any atom is 0.168 e. The Morgan fingerprint density at radius 3 is 1.65 bits per heavy atom. The Morgan fingerprint density at radius 1 is 0.654 bits per heavy atom. The lowest BCUT2D eigenvalue weighted by Gasteiger charge is -2.02. The number of hydrogen-bond acceptors (Lipinski definition) is 0. The van der Waals surface area contributed by atoms with Crippen LogP contribution in [-0.2, 0) is 13.5 Å². The molecule has 1 nitrogen and oxygen atoms in total. The average molecular weight is 359 g/mol. The summed E-state index contributed by atoms with van der Waals surface area (Å²) in [4.78, 5) is 0. The van der Waals surface area contributed by atoms with E-state index in [0.29, 0.717) is 0 Å². The summed E-state index contributed by atoms with van der Waals surface area (Å²) in [6, 6.07) is 4.50. The number of pyridine rings is 1. The van der Waals surface area contributed by atoms with E-state index in [1.54, 1.807) is 0 Å². The van der Waals surface area contributed by atoms with E-state index in [1.807, 2.05) is 0 Å². The molecule has 0 aliphatic rings. The van der Waals surface area contributed by atoms with Gasteiger partial charge in [-0.15, -0.1) is 0 Å². The molecule has 148 valence electrons. The van der Waals surface area contributed by atoms with Gasteiger partial charge >= 0.3 is 0 Å². The van der Waals surface area contributed by atoms with Crippen LogP contribution >= 0.6 is 0 Å². The molecule has 1 heterocycles. The molecule has 0 aliphatic carbocycles. The fourth-order valence-electron chi connectivity index (χ4n) is 3.45. The van der Waals surface area contributed by atoms with Crippen molar-refractivity contribution in [3.8, 4) is 0 Å². The molecule has 26 heavy (non-hydrogen) atoms. The molecule has 0 radical (unpaired) electrons. The quantitative estimate of drug-likeness (QED) is 0.154. The normalized spacial score (nSPS) is 11.5. The zero-order valence-corrected chi connectivity index (χ0v) is 17.7. The number of nitrogens with zero attached hydrogens (tertiary/aromatic N) is 1. The van der Waals surface area contributed by atoms with Gasteiger partial charge in [0.15, 0.2) is 12.4 Å². The Kier molecular flexibility index (Phi) is 15.3. The van der Waals surface area contributed by atoms with E-state index in [9.17, 15) is 0 Å². The monoisotopic (exact) mass is 358 g/mol. The van der Waals surface area contributed by atoms with Crippen LogP contribution in [-0.4, -0.2) is 0 Å². The van der Waals surface area contributed by atoms with Crippen molar-refractivity contribution in [2.45, 2.75) is 110 Å². The molecule has 0 saturated carbocycles. The number of allylic oxidation sites excluding steroid dienone is 2. The molecule has 0 unspecified atom stereocenters. The SMILES string of the molecule is CCCCCCCC/C=C\CCCCCCCCCc1cc[n+](C)cc1. The van der Waals surface area contributed by atoms with Crippen molar-refractivity contribution < 1.29 is 4.57 Å². The van der Waals surface area contributed by atoms with Gasteiger partial charge in [-0.3, -0.25) is 0 Å². The molecule has 0 N–H and O–H groups in total. The minimum Gasteiger partial charge on any atom is -0.208 e. The fourth-order valence-corrected chi connectivity index (χ4v) is 3.45. The summed E-state index contributed by atoms with van der Waals surface area (Å²) in [5.41, 5.74) is 1.48. The Labute approximate surface area is 163 Å². The summed E-state index contributed by atoms with van der Waals surface area (Å²) in [6.45, 7) is 2.29. The first-order chi connectivity index (χ1) is 12.8. The molecule has 0 bridgehead atoms. The van der Waals surface area contributed by atoms with Crippen LogP contribution in [0.2, 0.25) is 0 Å². The highest BCUT2D eigenvalue weighted by molar-refractivity contribution is 5.06. The molecule has 0 fully saturated rings. The zero-order chi connectivity index (χ0) is 18.7. The van der Waals surface area contributed by atoms with Gasteiger partial charge in [-0.2, -0.15) is 0 Å². The summed E-state index contributed by atoms with van der Waals surface area (Å²) < 4.78 is 2.10. The molecular weight excluding hydrogens is 314 g/mol. The molecule has 0 aliphatic heterocycles. The summed E-state index contributed by atoms with van der Waals surface area (Å²) in [5.74, 6) is 0. The highest BCUT2D eigenvalue weighted by Gasteiger charge is 1.97. The topological polar surface area (TPSA) is 3.88 Å². The van der Waals surface area contributed by atoms with Crippen LogP contribution in [0.5, 0.6) is 0 Å². The van der Waals surface area contributed by atoms with E-state index in [2.05, 4.69) is 55.2 Å². The summed E-state index contributed by atoms with van der Waals surface area (Å²) in [7, 11) is 2.08. The van der Waals surface area contributed by atoms with Crippen molar-refractivity contribution >= 4 is 0 Å². The zero-order valence-electron chi connectivity index (χ0n) is 17.7. The molecule has 0 amide bonds. The van der Waals surface area contributed by atoms with Gasteiger partial charge in [0.1, 0.15) is 7.05 Å². The van der Waals surface area contributed by atoms with E-state index in [-0.39, 0.29) is 0 Å². The van der Waals surface area contributed by atoms with Gasteiger partial charge in [0, 0.05) is 12.1 Å². The average Bonchev–Trinajstić information content (AvgIpc) is 2.66. The molecule has 1 aromatic rings. The summed E-state index contributed by atoms with van der Waals surface area (Å²) >= 11 is 0. The highest BCUT2D eigenvalue weighted by atomic mass is 14.9. The first kappa shape index (κ1) is 22.9. The molecule has 0 saturated heterocycles. The lowest BCUT2D eigenvalue weighted by atomic mass is 10.0. The van der Waals surface area contributed by atoms with Gasteiger partial charge in [-0.25, -0.2) is 4.57 Å². The fraction of sp³-hybridized carbons (Fsp3) is 0.720. The predicted octanol–water partition coefficient (Wildman–Crippen LogP) is 7.48. The second kappa shape index (κ2) is 17.3. The second-order valence-corrected chi connectivity index (χ2v) is 7.91. The molecule has 0 aromatic carbocycles. The van der Waals surface area contributed by atoms with Crippen LogP contribution in [0.1, 0.15) is 109 Å². The summed E-state index contributed by atoms with van der Waals surface area (Å²) in [6.07, 6.45) is 31.2. The van der Waals surface area contributed by atoms with E-state index in [4.69, 9.17) is 0 Å². The van der Waals surface area contributed by atoms with E-state index in [0.717, 1.165) is 0 Å². The van der Waals surface area contributed by atoms with E-state index in [1.165, 1.54) is 108 Å². The maximum atomic E-state index is 2.42. The predicted molar refractivity (Wildman–Crippen MR) is 115 cm³/mol. The van der Waals surface area contributed by atoms with Crippen molar-refractivity contribution in [2.24, 2.45) is 7.05 Å². The third kappa shape index (κ3) is 14.1. The number of aryl methyl sites for hydroxylation is 2. The van der Waals surface area contributed by atoms with Crippen molar-refractivity contribution in [3.05, 3.63) is 42.2 Å². The lowest BCUT2D eigenvalue weighted by Crippen LogP contribution is -2.25. The maximum absolute atomic E-state index is 2.42. The van der Waals surface area contributed by atoms with Crippen LogP contribution in [0.3, 0.4) is 0 Å². The van der Waals surface area contributed by atoms with Gasteiger partial charge in [-0.05, 0) is 44.1 Å². The largest absolute Gasteiger partial charge is 0.208 e. The van der Waals surface area contributed by atoms with Crippen LogP contribution in [0.4, 0.5) is 0 Å². The Hall–Kier alpha value is -1.11. The number of aromatic nitrogens is 1. The van der Waals surface area contributed by atoms with Gasteiger partial charge in [0.2, 0.25) is 0 Å². The highest BCUT2D eigenvalue weighted by Crippen LogP contribution is 2.12. The van der Waals surface area contributed by atoms with Crippen molar-refractivity contribution in [3.63, 3.8) is 0 Å².